The Labute approximate surface area is 114 Å². The van der Waals surface area contributed by atoms with Crippen LogP contribution in [-0.4, -0.2) is 29.7 Å². The number of amides is 1. The minimum Gasteiger partial charge on any atom is -0.440 e. The highest BCUT2D eigenvalue weighted by molar-refractivity contribution is 5.70. The third kappa shape index (κ3) is 2.87. The maximum absolute atomic E-state index is 12.9. The molecule has 0 radical (unpaired) electrons. The van der Waals surface area contributed by atoms with E-state index in [0.29, 0.717) is 0 Å². The van der Waals surface area contributed by atoms with Gasteiger partial charge in [-0.25, -0.2) is 4.79 Å². The molecule has 2 rings (SSSR count). The van der Waals surface area contributed by atoms with Crippen molar-refractivity contribution in [2.24, 2.45) is 5.73 Å². The molecule has 1 amide bonds. The molecule has 20 heavy (non-hydrogen) atoms. The van der Waals surface area contributed by atoms with Crippen LogP contribution in [0.3, 0.4) is 0 Å². The molecular formula is C13H15F3N2O2. The second-order valence-corrected chi connectivity index (χ2v) is 5.03. The number of rotatable bonds is 3. The lowest BCUT2D eigenvalue weighted by Crippen LogP contribution is -2.38. The van der Waals surface area contributed by atoms with Gasteiger partial charge in [0.15, 0.2) is 0 Å². The van der Waals surface area contributed by atoms with Gasteiger partial charge >= 0.3 is 12.3 Å². The fraction of sp³-hybridized carbons (Fsp3) is 0.462. The standard InChI is InChI=1S/C13H15F3N2O2/c1-12(7-17)8-18(11(19)20-12)6-9-4-2-3-5-10(9)13(14,15)16/h2-5H,6-8,17H2,1H3. The molecule has 1 aliphatic heterocycles. The maximum atomic E-state index is 12.9. The molecule has 1 aromatic rings. The molecule has 1 atom stereocenters. The number of alkyl halides is 3. The Bertz CT molecular complexity index is 519. The van der Waals surface area contributed by atoms with E-state index < -0.39 is 23.4 Å². The molecule has 1 saturated heterocycles. The number of hydrogen-bond acceptors (Lipinski definition) is 3. The van der Waals surface area contributed by atoms with E-state index in [4.69, 9.17) is 10.5 Å². The van der Waals surface area contributed by atoms with Gasteiger partial charge in [-0.05, 0) is 18.6 Å². The molecule has 110 valence electrons. The van der Waals surface area contributed by atoms with Crippen LogP contribution in [0.4, 0.5) is 18.0 Å². The van der Waals surface area contributed by atoms with Crippen LogP contribution < -0.4 is 5.73 Å². The first-order chi connectivity index (χ1) is 9.25. The van der Waals surface area contributed by atoms with Crippen LogP contribution in [0.2, 0.25) is 0 Å². The van der Waals surface area contributed by atoms with Gasteiger partial charge in [0.1, 0.15) is 5.60 Å². The number of hydrogen-bond donors (Lipinski definition) is 1. The topological polar surface area (TPSA) is 55.6 Å². The van der Waals surface area contributed by atoms with Crippen LogP contribution in [0.25, 0.3) is 0 Å². The van der Waals surface area contributed by atoms with E-state index in [-0.39, 0.29) is 25.2 Å². The van der Waals surface area contributed by atoms with Crippen molar-refractivity contribution in [3.63, 3.8) is 0 Å². The van der Waals surface area contributed by atoms with Crippen molar-refractivity contribution in [2.75, 3.05) is 13.1 Å². The minimum absolute atomic E-state index is 0.0400. The van der Waals surface area contributed by atoms with E-state index in [2.05, 4.69) is 0 Å². The predicted octanol–water partition coefficient (Wildman–Crippen LogP) is 2.38. The normalized spacial score (nSPS) is 23.1. The van der Waals surface area contributed by atoms with E-state index in [1.54, 1.807) is 6.92 Å². The third-order valence-electron chi connectivity index (χ3n) is 3.23. The quantitative estimate of drug-likeness (QED) is 0.929. The molecule has 0 saturated carbocycles. The first-order valence-corrected chi connectivity index (χ1v) is 6.08. The largest absolute Gasteiger partial charge is 0.440 e. The van der Waals surface area contributed by atoms with Crippen molar-refractivity contribution in [1.82, 2.24) is 4.90 Å². The fourth-order valence-corrected chi connectivity index (χ4v) is 2.14. The molecule has 0 aliphatic carbocycles. The Balaban J connectivity index is 2.22. The van der Waals surface area contributed by atoms with Gasteiger partial charge in [0.2, 0.25) is 0 Å². The molecule has 2 N–H and O–H groups in total. The zero-order chi connectivity index (χ0) is 15.0. The smallest absolute Gasteiger partial charge is 0.416 e. The molecule has 1 heterocycles. The Morgan fingerprint density at radius 1 is 1.40 bits per heavy atom. The van der Waals surface area contributed by atoms with Gasteiger partial charge in [0.05, 0.1) is 12.1 Å². The zero-order valence-electron chi connectivity index (χ0n) is 10.9. The summed E-state index contributed by atoms with van der Waals surface area (Å²) in [6.07, 6.45) is -5.09. The lowest BCUT2D eigenvalue weighted by atomic mass is 10.1. The molecular weight excluding hydrogens is 273 g/mol. The minimum atomic E-state index is -4.45. The zero-order valence-corrected chi connectivity index (χ0v) is 10.9. The predicted molar refractivity (Wildman–Crippen MR) is 65.8 cm³/mol. The summed E-state index contributed by atoms with van der Waals surface area (Å²) in [7, 11) is 0. The second kappa shape index (κ2) is 4.97. The summed E-state index contributed by atoms with van der Waals surface area (Å²) < 4.78 is 43.7. The van der Waals surface area contributed by atoms with Gasteiger partial charge in [0.25, 0.3) is 0 Å². The van der Waals surface area contributed by atoms with Gasteiger partial charge in [-0.3, -0.25) is 4.90 Å². The average molecular weight is 288 g/mol. The van der Waals surface area contributed by atoms with Crippen LogP contribution in [0.5, 0.6) is 0 Å². The molecule has 0 bridgehead atoms. The molecule has 0 spiro atoms. The summed E-state index contributed by atoms with van der Waals surface area (Å²) in [5.41, 5.74) is 3.96. The van der Waals surface area contributed by atoms with Gasteiger partial charge in [-0.15, -0.1) is 0 Å². The molecule has 1 fully saturated rings. The first-order valence-electron chi connectivity index (χ1n) is 6.08. The van der Waals surface area contributed by atoms with Crippen molar-refractivity contribution in [3.8, 4) is 0 Å². The van der Waals surface area contributed by atoms with Gasteiger partial charge in [-0.1, -0.05) is 18.2 Å². The van der Waals surface area contributed by atoms with Crippen molar-refractivity contribution in [2.45, 2.75) is 25.2 Å². The average Bonchev–Trinajstić information content (AvgIpc) is 2.65. The molecule has 7 heteroatoms. The Morgan fingerprint density at radius 3 is 2.60 bits per heavy atom. The number of carbonyl (C=O) groups excluding carboxylic acids is 1. The second-order valence-electron chi connectivity index (χ2n) is 5.03. The Morgan fingerprint density at radius 2 is 2.05 bits per heavy atom. The summed E-state index contributed by atoms with van der Waals surface area (Å²) in [5, 5.41) is 0. The van der Waals surface area contributed by atoms with E-state index in [1.165, 1.54) is 23.1 Å². The van der Waals surface area contributed by atoms with Gasteiger partial charge < -0.3 is 10.5 Å². The van der Waals surface area contributed by atoms with Gasteiger partial charge in [-0.2, -0.15) is 13.2 Å². The summed E-state index contributed by atoms with van der Waals surface area (Å²) in [4.78, 5) is 12.9. The number of nitrogens with two attached hydrogens (primary N) is 1. The molecule has 1 aromatic carbocycles. The lowest BCUT2D eigenvalue weighted by Gasteiger charge is -2.20. The summed E-state index contributed by atoms with van der Waals surface area (Å²) >= 11 is 0. The molecule has 4 nitrogen and oxygen atoms in total. The van der Waals surface area contributed by atoms with Crippen LogP contribution >= 0.6 is 0 Å². The number of ether oxygens (including phenoxy) is 1. The van der Waals surface area contributed by atoms with Crippen molar-refractivity contribution in [1.29, 1.82) is 0 Å². The fourth-order valence-electron chi connectivity index (χ4n) is 2.14. The van der Waals surface area contributed by atoms with Gasteiger partial charge in [0, 0.05) is 13.1 Å². The maximum Gasteiger partial charge on any atom is 0.416 e. The summed E-state index contributed by atoms with van der Waals surface area (Å²) in [5.74, 6) is 0. The first kappa shape index (κ1) is 14.6. The highest BCUT2D eigenvalue weighted by atomic mass is 19.4. The molecule has 1 unspecified atom stereocenters. The summed E-state index contributed by atoms with van der Waals surface area (Å²) in [6.45, 7) is 1.80. The highest BCUT2D eigenvalue weighted by Gasteiger charge is 2.41. The molecule has 0 aromatic heterocycles. The van der Waals surface area contributed by atoms with Crippen molar-refractivity contribution >= 4 is 6.09 Å². The van der Waals surface area contributed by atoms with Crippen molar-refractivity contribution in [3.05, 3.63) is 35.4 Å². The van der Waals surface area contributed by atoms with Crippen LogP contribution in [0, 0.1) is 0 Å². The number of carbonyl (C=O) groups is 1. The number of halogens is 3. The Kier molecular flexibility index (Phi) is 3.64. The van der Waals surface area contributed by atoms with Crippen LogP contribution in [0.1, 0.15) is 18.1 Å². The number of cyclic esters (lactones) is 1. The highest BCUT2D eigenvalue weighted by Crippen LogP contribution is 2.33. The van der Waals surface area contributed by atoms with E-state index in [0.717, 1.165) is 6.07 Å². The summed E-state index contributed by atoms with van der Waals surface area (Å²) in [6, 6.07) is 5.18. The number of benzene rings is 1. The third-order valence-corrected chi connectivity index (χ3v) is 3.23. The van der Waals surface area contributed by atoms with E-state index in [1.807, 2.05) is 0 Å². The Hall–Kier alpha value is -1.76. The van der Waals surface area contributed by atoms with E-state index in [9.17, 15) is 18.0 Å². The van der Waals surface area contributed by atoms with Crippen LogP contribution in [-0.2, 0) is 17.5 Å². The van der Waals surface area contributed by atoms with Crippen molar-refractivity contribution < 1.29 is 22.7 Å². The molecule has 1 aliphatic rings. The SMILES string of the molecule is CC1(CN)CN(Cc2ccccc2C(F)(F)F)C(=O)O1. The van der Waals surface area contributed by atoms with E-state index >= 15 is 0 Å². The van der Waals surface area contributed by atoms with Crippen LogP contribution in [0.15, 0.2) is 24.3 Å². The lowest BCUT2D eigenvalue weighted by molar-refractivity contribution is -0.138. The number of nitrogens with zero attached hydrogens (tertiary/aromatic N) is 1. The monoisotopic (exact) mass is 288 g/mol.